The average molecular weight is 234 g/mol. The highest BCUT2D eigenvalue weighted by atomic mass is 16.1. The summed E-state index contributed by atoms with van der Waals surface area (Å²) in [5.74, 6) is -0.530. The van der Waals surface area contributed by atoms with Crippen LogP contribution < -0.4 is 11.1 Å². The molecule has 90 valence electrons. The third kappa shape index (κ3) is 3.17. The molecule has 0 aliphatic rings. The molecule has 7 nitrogen and oxygen atoms in total. The van der Waals surface area contributed by atoms with Crippen LogP contribution in [0, 0.1) is 0 Å². The highest BCUT2D eigenvalue weighted by molar-refractivity contribution is 5.85. The molecule has 1 aromatic rings. The molecule has 0 fully saturated rings. The van der Waals surface area contributed by atoms with E-state index < -0.39 is 11.4 Å². The normalized spacial score (nSPS) is 13.5. The quantitative estimate of drug-likeness (QED) is 0.326. The van der Waals surface area contributed by atoms with Crippen molar-refractivity contribution in [2.75, 3.05) is 13.1 Å². The van der Waals surface area contributed by atoms with E-state index in [0.717, 1.165) is 0 Å². The molecular formula is C10H14N6O. The maximum absolute atomic E-state index is 11.5. The SMILES string of the molecule is CC(NCCN=[N+]=[N-])(C(N)=O)c1ccccn1. The first-order valence-corrected chi connectivity index (χ1v) is 5.08. The van der Waals surface area contributed by atoms with Crippen LogP contribution in [0.5, 0.6) is 0 Å². The lowest BCUT2D eigenvalue weighted by Gasteiger charge is -2.26. The van der Waals surface area contributed by atoms with Crippen LogP contribution in [0.25, 0.3) is 10.4 Å². The zero-order valence-electron chi connectivity index (χ0n) is 9.50. The fourth-order valence-electron chi connectivity index (χ4n) is 1.36. The largest absolute Gasteiger partial charge is 0.368 e. The molecule has 0 aliphatic heterocycles. The minimum Gasteiger partial charge on any atom is -0.368 e. The topological polar surface area (TPSA) is 117 Å². The van der Waals surface area contributed by atoms with Crippen LogP contribution in [0.3, 0.4) is 0 Å². The first-order chi connectivity index (χ1) is 8.11. The van der Waals surface area contributed by atoms with E-state index in [1.807, 2.05) is 0 Å². The monoisotopic (exact) mass is 234 g/mol. The number of carbonyl (C=O) groups is 1. The molecule has 1 atom stereocenters. The summed E-state index contributed by atoms with van der Waals surface area (Å²) in [5, 5.41) is 6.32. The van der Waals surface area contributed by atoms with Crippen LogP contribution in [0.2, 0.25) is 0 Å². The molecule has 0 saturated carbocycles. The molecule has 7 heteroatoms. The van der Waals surface area contributed by atoms with Crippen LogP contribution in [-0.2, 0) is 10.3 Å². The molecule has 1 amide bonds. The lowest BCUT2D eigenvalue weighted by Crippen LogP contribution is -2.51. The van der Waals surface area contributed by atoms with Crippen LogP contribution >= 0.6 is 0 Å². The molecule has 1 unspecified atom stereocenters. The van der Waals surface area contributed by atoms with Gasteiger partial charge in [-0.05, 0) is 24.6 Å². The zero-order valence-corrected chi connectivity index (χ0v) is 9.50. The maximum atomic E-state index is 11.5. The number of carbonyl (C=O) groups excluding carboxylic acids is 1. The van der Waals surface area contributed by atoms with Crippen LogP contribution in [-0.4, -0.2) is 24.0 Å². The minimum atomic E-state index is -1.06. The van der Waals surface area contributed by atoms with Gasteiger partial charge in [0, 0.05) is 24.2 Å². The predicted molar refractivity (Wildman–Crippen MR) is 62.8 cm³/mol. The van der Waals surface area contributed by atoms with Crippen LogP contribution in [0.4, 0.5) is 0 Å². The summed E-state index contributed by atoms with van der Waals surface area (Å²) in [6.45, 7) is 2.24. The predicted octanol–water partition coefficient (Wildman–Crippen LogP) is 0.682. The number of azide groups is 1. The molecule has 3 N–H and O–H groups in total. The molecule has 0 aromatic carbocycles. The number of rotatable bonds is 6. The smallest absolute Gasteiger partial charge is 0.243 e. The Bertz CT molecular complexity index is 428. The van der Waals surface area contributed by atoms with Gasteiger partial charge in [0.2, 0.25) is 5.91 Å². The Kier molecular flexibility index (Phi) is 4.45. The summed E-state index contributed by atoms with van der Waals surface area (Å²) in [6.07, 6.45) is 1.59. The van der Waals surface area contributed by atoms with Crippen molar-refractivity contribution in [1.82, 2.24) is 10.3 Å². The highest BCUT2D eigenvalue weighted by Crippen LogP contribution is 2.17. The van der Waals surface area contributed by atoms with Gasteiger partial charge in [0.25, 0.3) is 0 Å². The van der Waals surface area contributed by atoms with E-state index in [1.165, 1.54) is 0 Å². The van der Waals surface area contributed by atoms with Gasteiger partial charge in [-0.25, -0.2) is 0 Å². The molecule has 17 heavy (non-hydrogen) atoms. The van der Waals surface area contributed by atoms with Crippen molar-refractivity contribution in [3.05, 3.63) is 40.5 Å². The number of pyridine rings is 1. The van der Waals surface area contributed by atoms with Gasteiger partial charge >= 0.3 is 0 Å². The molecular weight excluding hydrogens is 220 g/mol. The Morgan fingerprint density at radius 1 is 1.71 bits per heavy atom. The van der Waals surface area contributed by atoms with Crippen LogP contribution in [0.15, 0.2) is 29.5 Å². The first kappa shape index (κ1) is 13.0. The fourth-order valence-corrected chi connectivity index (χ4v) is 1.36. The molecule has 0 saturated heterocycles. The van der Waals surface area contributed by atoms with E-state index in [9.17, 15) is 4.79 Å². The number of nitrogens with two attached hydrogens (primary N) is 1. The molecule has 0 bridgehead atoms. The third-order valence-corrected chi connectivity index (χ3v) is 2.42. The van der Waals surface area contributed by atoms with Gasteiger partial charge in [0.05, 0.1) is 5.69 Å². The average Bonchev–Trinajstić information content (AvgIpc) is 2.35. The summed E-state index contributed by atoms with van der Waals surface area (Å²) in [7, 11) is 0. The van der Waals surface area contributed by atoms with Crippen molar-refractivity contribution in [3.63, 3.8) is 0 Å². The van der Waals surface area contributed by atoms with Crippen molar-refractivity contribution in [2.24, 2.45) is 10.8 Å². The number of amides is 1. The third-order valence-electron chi connectivity index (χ3n) is 2.42. The number of nitrogens with one attached hydrogen (secondary N) is 1. The lowest BCUT2D eigenvalue weighted by molar-refractivity contribution is -0.124. The second-order valence-electron chi connectivity index (χ2n) is 3.59. The Balaban J connectivity index is 2.83. The molecule has 0 spiro atoms. The van der Waals surface area contributed by atoms with Crippen molar-refractivity contribution < 1.29 is 4.79 Å². The maximum Gasteiger partial charge on any atom is 0.243 e. The Morgan fingerprint density at radius 3 is 3.00 bits per heavy atom. The van der Waals surface area contributed by atoms with Gasteiger partial charge < -0.3 is 5.73 Å². The summed E-state index contributed by atoms with van der Waals surface area (Å²) in [5.41, 5.74) is 13.0. The Labute approximate surface area is 98.7 Å². The molecule has 1 rings (SSSR count). The van der Waals surface area contributed by atoms with Crippen molar-refractivity contribution in [2.45, 2.75) is 12.5 Å². The van der Waals surface area contributed by atoms with Gasteiger partial charge in [0.15, 0.2) is 0 Å². The summed E-state index contributed by atoms with van der Waals surface area (Å²) < 4.78 is 0. The first-order valence-electron chi connectivity index (χ1n) is 5.08. The van der Waals surface area contributed by atoms with Crippen molar-refractivity contribution in [3.8, 4) is 0 Å². The van der Waals surface area contributed by atoms with E-state index in [4.69, 9.17) is 11.3 Å². The zero-order chi connectivity index (χ0) is 12.7. The number of primary amides is 1. The second-order valence-corrected chi connectivity index (χ2v) is 3.59. The number of nitrogens with zero attached hydrogens (tertiary/aromatic N) is 4. The van der Waals surface area contributed by atoms with Gasteiger partial charge in [-0.2, -0.15) is 0 Å². The standard InChI is InChI=1S/C10H14N6O/c1-10(9(11)17,14-6-7-15-16-12)8-4-2-3-5-13-8/h2-5,14H,6-7H2,1H3,(H2,11,17). The van der Waals surface area contributed by atoms with E-state index in [2.05, 4.69) is 20.3 Å². The van der Waals surface area contributed by atoms with E-state index in [1.54, 1.807) is 31.3 Å². The Hall–Kier alpha value is -2.11. The van der Waals surface area contributed by atoms with Gasteiger partial charge in [-0.15, -0.1) is 0 Å². The van der Waals surface area contributed by atoms with Gasteiger partial charge in [-0.1, -0.05) is 11.2 Å². The van der Waals surface area contributed by atoms with Crippen molar-refractivity contribution >= 4 is 5.91 Å². The van der Waals surface area contributed by atoms with Crippen LogP contribution in [0.1, 0.15) is 12.6 Å². The molecule has 0 aliphatic carbocycles. The molecule has 1 aromatic heterocycles. The summed E-state index contributed by atoms with van der Waals surface area (Å²) in [4.78, 5) is 18.2. The number of hydrogen-bond acceptors (Lipinski definition) is 4. The molecule has 1 heterocycles. The summed E-state index contributed by atoms with van der Waals surface area (Å²) >= 11 is 0. The minimum absolute atomic E-state index is 0.242. The van der Waals surface area contributed by atoms with E-state index in [-0.39, 0.29) is 6.54 Å². The summed E-state index contributed by atoms with van der Waals surface area (Å²) in [6, 6.07) is 5.24. The number of hydrogen-bond donors (Lipinski definition) is 2. The van der Waals surface area contributed by atoms with Gasteiger partial charge in [-0.3, -0.25) is 15.1 Å². The van der Waals surface area contributed by atoms with Gasteiger partial charge in [0.1, 0.15) is 5.54 Å². The van der Waals surface area contributed by atoms with E-state index >= 15 is 0 Å². The van der Waals surface area contributed by atoms with Crippen molar-refractivity contribution in [1.29, 1.82) is 0 Å². The number of aromatic nitrogens is 1. The lowest BCUT2D eigenvalue weighted by atomic mass is 9.96. The highest BCUT2D eigenvalue weighted by Gasteiger charge is 2.33. The van der Waals surface area contributed by atoms with E-state index in [0.29, 0.717) is 12.2 Å². The molecule has 0 radical (unpaired) electrons. The Morgan fingerprint density at radius 2 is 2.47 bits per heavy atom. The second kappa shape index (κ2) is 5.83. The fraction of sp³-hybridized carbons (Fsp3) is 0.400.